The lowest BCUT2D eigenvalue weighted by atomic mass is 10.1. The molecule has 1 fully saturated rings. The third kappa shape index (κ3) is 6.41. The van der Waals surface area contributed by atoms with Crippen LogP contribution in [0.4, 0.5) is 9.59 Å². The zero-order valence-corrected chi connectivity index (χ0v) is 15.7. The van der Waals surface area contributed by atoms with Gasteiger partial charge in [-0.25, -0.2) is 19.4 Å². The summed E-state index contributed by atoms with van der Waals surface area (Å²) in [6.07, 6.45) is -1.44. The summed E-state index contributed by atoms with van der Waals surface area (Å²) in [5.41, 5.74) is -0.870. The molecule has 11 heteroatoms. The summed E-state index contributed by atoms with van der Waals surface area (Å²) in [5, 5.41) is 10.9. The summed E-state index contributed by atoms with van der Waals surface area (Å²) < 4.78 is 8.19. The van der Waals surface area contributed by atoms with Crippen LogP contribution in [0.5, 0.6) is 0 Å². The molecule has 0 aromatic heterocycles. The van der Waals surface area contributed by atoms with E-state index < -0.39 is 40.2 Å². The molecule has 0 radical (unpaired) electrons. The van der Waals surface area contributed by atoms with Gasteiger partial charge in [0.1, 0.15) is 12.2 Å². The van der Waals surface area contributed by atoms with Gasteiger partial charge in [0.2, 0.25) is 3.79 Å². The first kappa shape index (κ1) is 20.9. The number of hydrazine groups is 1. The van der Waals surface area contributed by atoms with Crippen molar-refractivity contribution in [2.45, 2.75) is 49.0 Å². The Morgan fingerprint density at radius 2 is 1.75 bits per heavy atom. The van der Waals surface area contributed by atoms with E-state index in [2.05, 4.69) is 0 Å². The number of amides is 2. The maximum atomic E-state index is 12.4. The number of hydrogen-bond donors (Lipinski definition) is 1. The average molecular weight is 406 g/mol. The molecular formula is C13H19Cl3N2O6. The van der Waals surface area contributed by atoms with Crippen molar-refractivity contribution in [2.75, 3.05) is 13.2 Å². The van der Waals surface area contributed by atoms with Crippen LogP contribution in [0.25, 0.3) is 0 Å². The number of carbonyl (C=O) groups excluding carboxylic acids is 2. The number of alkyl halides is 3. The van der Waals surface area contributed by atoms with Crippen molar-refractivity contribution in [1.82, 2.24) is 10.0 Å². The highest BCUT2D eigenvalue weighted by molar-refractivity contribution is 6.67. The number of carbonyl (C=O) groups is 3. The minimum Gasteiger partial charge on any atom is -0.480 e. The molecule has 1 rings (SSSR count). The van der Waals surface area contributed by atoms with E-state index in [0.717, 1.165) is 10.0 Å². The summed E-state index contributed by atoms with van der Waals surface area (Å²) in [6.45, 7) is 4.39. The summed E-state index contributed by atoms with van der Waals surface area (Å²) in [6, 6.07) is -1.26. The lowest BCUT2D eigenvalue weighted by molar-refractivity contribution is -0.154. The molecule has 0 spiro atoms. The van der Waals surface area contributed by atoms with Gasteiger partial charge in [-0.05, 0) is 33.6 Å². The first-order chi connectivity index (χ1) is 10.8. The van der Waals surface area contributed by atoms with E-state index in [0.29, 0.717) is 6.42 Å². The van der Waals surface area contributed by atoms with Crippen molar-refractivity contribution in [2.24, 2.45) is 0 Å². The van der Waals surface area contributed by atoms with Gasteiger partial charge in [-0.1, -0.05) is 34.8 Å². The van der Waals surface area contributed by atoms with Crippen LogP contribution in [0.3, 0.4) is 0 Å². The molecule has 1 atom stereocenters. The second kappa shape index (κ2) is 7.84. The smallest absolute Gasteiger partial charge is 0.430 e. The van der Waals surface area contributed by atoms with E-state index in [1.165, 1.54) is 0 Å². The predicted octanol–water partition coefficient (Wildman–Crippen LogP) is 3.19. The number of carboxylic acid groups (broad SMARTS) is 1. The molecule has 138 valence electrons. The summed E-state index contributed by atoms with van der Waals surface area (Å²) in [5.74, 6) is -1.26. The fraction of sp³-hybridized carbons (Fsp3) is 0.769. The highest BCUT2D eigenvalue weighted by Gasteiger charge is 2.43. The van der Waals surface area contributed by atoms with Crippen LogP contribution < -0.4 is 0 Å². The number of rotatable bonds is 2. The van der Waals surface area contributed by atoms with E-state index in [-0.39, 0.29) is 13.0 Å². The van der Waals surface area contributed by atoms with Crippen molar-refractivity contribution >= 4 is 53.0 Å². The van der Waals surface area contributed by atoms with Gasteiger partial charge in [-0.3, -0.25) is 0 Å². The van der Waals surface area contributed by atoms with Crippen LogP contribution in [-0.4, -0.2) is 61.9 Å². The second-order valence-electron chi connectivity index (χ2n) is 6.11. The summed E-state index contributed by atoms with van der Waals surface area (Å²) >= 11 is 16.6. The van der Waals surface area contributed by atoms with Crippen molar-refractivity contribution < 1.29 is 29.0 Å². The highest BCUT2D eigenvalue weighted by atomic mass is 35.6. The molecule has 2 amide bonds. The van der Waals surface area contributed by atoms with E-state index >= 15 is 0 Å². The lowest BCUT2D eigenvalue weighted by Crippen LogP contribution is -2.61. The molecule has 1 aliphatic rings. The monoisotopic (exact) mass is 404 g/mol. The minimum atomic E-state index is -1.83. The molecule has 0 bridgehead atoms. The number of hydrogen-bond acceptors (Lipinski definition) is 5. The fourth-order valence-corrected chi connectivity index (χ4v) is 2.16. The van der Waals surface area contributed by atoms with Crippen molar-refractivity contribution in [3.05, 3.63) is 0 Å². The minimum absolute atomic E-state index is 0.0711. The first-order valence-corrected chi connectivity index (χ1v) is 8.21. The number of ether oxygens (including phenoxy) is 2. The molecule has 8 nitrogen and oxygen atoms in total. The van der Waals surface area contributed by atoms with E-state index in [4.69, 9.17) is 44.3 Å². The standard InChI is InChI=1S/C13H19Cl3N2O6/c1-12(2,3)24-11(22)18-8(9(19)20)5-4-6-17(18)10(21)23-7-13(14,15)16/h8H,4-7H2,1-3H3,(H,19,20)/t8-/m0/s1. The van der Waals surface area contributed by atoms with Crippen LogP contribution in [0.15, 0.2) is 0 Å². The molecule has 1 N–H and O–H groups in total. The zero-order valence-electron chi connectivity index (χ0n) is 13.4. The molecule has 0 aromatic carbocycles. The third-order valence-corrected chi connectivity index (χ3v) is 3.17. The number of aliphatic carboxylic acids is 1. The van der Waals surface area contributed by atoms with Crippen LogP contribution >= 0.6 is 34.8 Å². The molecule has 0 unspecified atom stereocenters. The Morgan fingerprint density at radius 1 is 1.17 bits per heavy atom. The Bertz CT molecular complexity index is 503. The first-order valence-electron chi connectivity index (χ1n) is 7.08. The molecule has 0 aromatic rings. The quantitative estimate of drug-likeness (QED) is 0.709. The molecule has 24 heavy (non-hydrogen) atoms. The van der Waals surface area contributed by atoms with E-state index in [1.54, 1.807) is 20.8 Å². The maximum Gasteiger partial charge on any atom is 0.430 e. The van der Waals surface area contributed by atoms with E-state index in [9.17, 15) is 19.5 Å². The molecular weight excluding hydrogens is 387 g/mol. The molecule has 0 aliphatic carbocycles. The van der Waals surface area contributed by atoms with Gasteiger partial charge >= 0.3 is 18.2 Å². The highest BCUT2D eigenvalue weighted by Crippen LogP contribution is 2.27. The maximum absolute atomic E-state index is 12.4. The van der Waals surface area contributed by atoms with Gasteiger partial charge in [0.05, 0.1) is 0 Å². The van der Waals surface area contributed by atoms with Crippen LogP contribution in [-0.2, 0) is 14.3 Å². The van der Waals surface area contributed by atoms with Crippen LogP contribution in [0.1, 0.15) is 33.6 Å². The predicted molar refractivity (Wildman–Crippen MR) is 87.1 cm³/mol. The summed E-state index contributed by atoms with van der Waals surface area (Å²) in [7, 11) is 0. The molecule has 1 saturated heterocycles. The summed E-state index contributed by atoms with van der Waals surface area (Å²) in [4.78, 5) is 36.0. The average Bonchev–Trinajstić information content (AvgIpc) is 2.41. The van der Waals surface area contributed by atoms with Crippen molar-refractivity contribution in [3.8, 4) is 0 Å². The largest absolute Gasteiger partial charge is 0.480 e. The molecule has 0 saturated carbocycles. The Morgan fingerprint density at radius 3 is 2.21 bits per heavy atom. The number of halogens is 3. The second-order valence-corrected chi connectivity index (χ2v) is 8.63. The molecule has 1 heterocycles. The van der Waals surface area contributed by atoms with Gasteiger partial charge < -0.3 is 14.6 Å². The number of carboxylic acids is 1. The van der Waals surface area contributed by atoms with Gasteiger partial charge in [-0.2, -0.15) is 5.01 Å². The van der Waals surface area contributed by atoms with Gasteiger partial charge in [0.25, 0.3) is 0 Å². The topological polar surface area (TPSA) is 96.4 Å². The van der Waals surface area contributed by atoms with Crippen LogP contribution in [0.2, 0.25) is 0 Å². The Balaban J connectivity index is 2.99. The Kier molecular flexibility index (Phi) is 6.84. The van der Waals surface area contributed by atoms with Gasteiger partial charge in [0.15, 0.2) is 6.04 Å². The van der Waals surface area contributed by atoms with E-state index in [1.807, 2.05) is 0 Å². The van der Waals surface area contributed by atoms with Gasteiger partial charge in [-0.15, -0.1) is 0 Å². The van der Waals surface area contributed by atoms with Crippen molar-refractivity contribution in [3.63, 3.8) is 0 Å². The van der Waals surface area contributed by atoms with Crippen molar-refractivity contribution in [1.29, 1.82) is 0 Å². The zero-order chi connectivity index (χ0) is 18.7. The Hall–Kier alpha value is -1.12. The third-order valence-electron chi connectivity index (χ3n) is 2.84. The number of nitrogens with zero attached hydrogens (tertiary/aromatic N) is 2. The molecule has 1 aliphatic heterocycles. The Labute approximate surface area is 154 Å². The fourth-order valence-electron chi connectivity index (χ4n) is 1.99. The SMILES string of the molecule is CC(C)(C)OC(=O)N1[C@H](C(=O)O)CCCN1C(=O)OCC(Cl)(Cl)Cl. The normalized spacial score (nSPS) is 19.0. The van der Waals surface area contributed by atoms with Crippen LogP contribution in [0, 0.1) is 0 Å². The lowest BCUT2D eigenvalue weighted by Gasteiger charge is -2.41. The van der Waals surface area contributed by atoms with Gasteiger partial charge in [0, 0.05) is 6.54 Å².